The minimum atomic E-state index is -0.496. The fourth-order valence-corrected chi connectivity index (χ4v) is 3.08. The standard InChI is InChI=1S/C18H25N5O2S.HI/c1-3-15-11-22-17(26-15)7-8-21-18(20-2)23-10-13-5-4-6-14(9-13)25-12-16(19)24;/h4-6,9,11H,3,7-8,10,12H2,1-2H3,(H2,19,24)(H2,20,21,23);1H. The zero-order chi connectivity index (χ0) is 18.8. The van der Waals surface area contributed by atoms with E-state index in [1.807, 2.05) is 24.4 Å². The molecule has 27 heavy (non-hydrogen) atoms. The van der Waals surface area contributed by atoms with Gasteiger partial charge in [0.25, 0.3) is 5.91 Å². The van der Waals surface area contributed by atoms with Gasteiger partial charge in [-0.2, -0.15) is 0 Å². The highest BCUT2D eigenvalue weighted by atomic mass is 127. The molecule has 2 aromatic rings. The normalized spacial score (nSPS) is 10.8. The number of ether oxygens (including phenoxy) is 1. The number of rotatable bonds is 9. The summed E-state index contributed by atoms with van der Waals surface area (Å²) in [7, 11) is 1.74. The van der Waals surface area contributed by atoms with E-state index in [0.29, 0.717) is 12.3 Å². The van der Waals surface area contributed by atoms with E-state index in [9.17, 15) is 4.79 Å². The van der Waals surface area contributed by atoms with Crippen LogP contribution in [0.5, 0.6) is 5.75 Å². The smallest absolute Gasteiger partial charge is 0.255 e. The summed E-state index contributed by atoms with van der Waals surface area (Å²) in [5.74, 6) is 0.840. The maximum Gasteiger partial charge on any atom is 0.255 e. The lowest BCUT2D eigenvalue weighted by Crippen LogP contribution is -2.37. The Bertz CT molecular complexity index is 751. The van der Waals surface area contributed by atoms with Gasteiger partial charge in [0.05, 0.1) is 5.01 Å². The van der Waals surface area contributed by atoms with E-state index in [2.05, 4.69) is 27.5 Å². The van der Waals surface area contributed by atoms with Crippen LogP contribution in [0.25, 0.3) is 0 Å². The number of thiazole rings is 1. The molecular weight excluding hydrogens is 477 g/mol. The molecule has 0 aliphatic rings. The third-order valence-corrected chi connectivity index (χ3v) is 4.75. The first-order valence-corrected chi connectivity index (χ1v) is 9.30. The molecule has 0 bridgehead atoms. The van der Waals surface area contributed by atoms with Crippen molar-refractivity contribution in [3.8, 4) is 5.75 Å². The monoisotopic (exact) mass is 503 g/mol. The minimum Gasteiger partial charge on any atom is -0.484 e. The number of halogens is 1. The number of guanidine groups is 1. The SMILES string of the molecule is CCc1cnc(CCNC(=NC)NCc2cccc(OCC(N)=O)c2)s1.I. The van der Waals surface area contributed by atoms with Gasteiger partial charge in [-0.05, 0) is 24.1 Å². The van der Waals surface area contributed by atoms with Gasteiger partial charge < -0.3 is 21.1 Å². The molecular formula is C18H26IN5O2S. The van der Waals surface area contributed by atoms with Gasteiger partial charge in [0.2, 0.25) is 0 Å². The topological polar surface area (TPSA) is 102 Å². The number of aliphatic imine (C=N–C) groups is 1. The number of carbonyl (C=O) groups is 1. The van der Waals surface area contributed by atoms with Crippen LogP contribution in [0.4, 0.5) is 0 Å². The number of carbonyl (C=O) groups excluding carboxylic acids is 1. The Kier molecular flexibility index (Phi) is 10.7. The zero-order valence-corrected chi connectivity index (χ0v) is 18.7. The van der Waals surface area contributed by atoms with E-state index in [0.717, 1.165) is 35.9 Å². The Morgan fingerprint density at radius 1 is 1.37 bits per heavy atom. The van der Waals surface area contributed by atoms with Crippen LogP contribution in [-0.2, 0) is 24.2 Å². The van der Waals surface area contributed by atoms with Crippen molar-refractivity contribution in [1.82, 2.24) is 15.6 Å². The molecule has 0 atom stereocenters. The molecule has 1 aromatic heterocycles. The first-order valence-electron chi connectivity index (χ1n) is 8.48. The highest BCUT2D eigenvalue weighted by molar-refractivity contribution is 14.0. The largest absolute Gasteiger partial charge is 0.484 e. The number of aromatic nitrogens is 1. The number of nitrogens with two attached hydrogens (primary N) is 1. The third kappa shape index (κ3) is 8.57. The van der Waals surface area contributed by atoms with Crippen molar-refractivity contribution in [3.63, 3.8) is 0 Å². The Morgan fingerprint density at radius 3 is 2.85 bits per heavy atom. The van der Waals surface area contributed by atoms with Crippen molar-refractivity contribution in [2.45, 2.75) is 26.3 Å². The number of aryl methyl sites for hydroxylation is 1. The Hall–Kier alpha value is -1.88. The van der Waals surface area contributed by atoms with Gasteiger partial charge in [-0.1, -0.05) is 19.1 Å². The Labute approximate surface area is 180 Å². The molecule has 0 fully saturated rings. The zero-order valence-electron chi connectivity index (χ0n) is 15.5. The number of hydrogen-bond donors (Lipinski definition) is 3. The fraction of sp³-hybridized carbons (Fsp3) is 0.389. The predicted molar refractivity (Wildman–Crippen MR) is 120 cm³/mol. The van der Waals surface area contributed by atoms with Crippen molar-refractivity contribution < 1.29 is 9.53 Å². The minimum absolute atomic E-state index is 0. The molecule has 0 aliphatic carbocycles. The van der Waals surface area contributed by atoms with Crippen LogP contribution >= 0.6 is 35.3 Å². The van der Waals surface area contributed by atoms with Crippen molar-refractivity contribution >= 4 is 47.2 Å². The van der Waals surface area contributed by atoms with Crippen LogP contribution in [-0.4, -0.2) is 37.1 Å². The maximum atomic E-state index is 10.8. The second-order valence-corrected chi connectivity index (χ2v) is 6.78. The van der Waals surface area contributed by atoms with Crippen molar-refractivity contribution in [1.29, 1.82) is 0 Å². The van der Waals surface area contributed by atoms with Gasteiger partial charge in [-0.15, -0.1) is 35.3 Å². The van der Waals surface area contributed by atoms with Crippen molar-refractivity contribution in [2.24, 2.45) is 10.7 Å². The van der Waals surface area contributed by atoms with Gasteiger partial charge in [0, 0.05) is 37.6 Å². The number of nitrogens with one attached hydrogen (secondary N) is 2. The van der Waals surface area contributed by atoms with Gasteiger partial charge in [-0.3, -0.25) is 9.79 Å². The van der Waals surface area contributed by atoms with Crippen LogP contribution in [0, 0.1) is 0 Å². The summed E-state index contributed by atoms with van der Waals surface area (Å²) in [6.45, 7) is 3.36. The summed E-state index contributed by atoms with van der Waals surface area (Å²) >= 11 is 1.75. The molecule has 0 saturated carbocycles. The highest BCUT2D eigenvalue weighted by Gasteiger charge is 2.03. The maximum absolute atomic E-state index is 10.8. The fourth-order valence-electron chi connectivity index (χ4n) is 2.22. The first kappa shape index (κ1) is 23.2. The van der Waals surface area contributed by atoms with Crippen LogP contribution in [0.15, 0.2) is 35.5 Å². The summed E-state index contributed by atoms with van der Waals surface area (Å²) in [5.41, 5.74) is 6.10. The molecule has 0 radical (unpaired) electrons. The van der Waals surface area contributed by atoms with E-state index in [1.54, 1.807) is 24.5 Å². The predicted octanol–water partition coefficient (Wildman–Crippen LogP) is 2.10. The van der Waals surface area contributed by atoms with Crippen LogP contribution < -0.4 is 21.1 Å². The Morgan fingerprint density at radius 2 is 2.19 bits per heavy atom. The molecule has 1 heterocycles. The number of amides is 1. The molecule has 9 heteroatoms. The summed E-state index contributed by atoms with van der Waals surface area (Å²) in [6.07, 6.45) is 3.83. The number of nitrogens with zero attached hydrogens (tertiary/aromatic N) is 2. The first-order chi connectivity index (χ1) is 12.6. The van der Waals surface area contributed by atoms with Gasteiger partial charge in [0.1, 0.15) is 5.75 Å². The third-order valence-electron chi connectivity index (χ3n) is 3.54. The van der Waals surface area contributed by atoms with E-state index < -0.39 is 5.91 Å². The molecule has 1 aromatic carbocycles. The number of primary amides is 1. The summed E-state index contributed by atoms with van der Waals surface area (Å²) in [5, 5.41) is 7.67. The Balaban J connectivity index is 0.00000364. The lowest BCUT2D eigenvalue weighted by Gasteiger charge is -2.12. The molecule has 2 rings (SSSR count). The van der Waals surface area contributed by atoms with Crippen LogP contribution in [0.3, 0.4) is 0 Å². The molecule has 0 aliphatic heterocycles. The molecule has 1 amide bonds. The van der Waals surface area contributed by atoms with Gasteiger partial charge >= 0.3 is 0 Å². The van der Waals surface area contributed by atoms with Crippen LogP contribution in [0.2, 0.25) is 0 Å². The van der Waals surface area contributed by atoms with Crippen LogP contribution in [0.1, 0.15) is 22.4 Å². The average Bonchev–Trinajstić information content (AvgIpc) is 3.11. The average molecular weight is 503 g/mol. The van der Waals surface area contributed by atoms with Gasteiger partial charge in [0.15, 0.2) is 12.6 Å². The number of benzene rings is 1. The van der Waals surface area contributed by atoms with Crippen molar-refractivity contribution in [3.05, 3.63) is 45.9 Å². The molecule has 7 nitrogen and oxygen atoms in total. The lowest BCUT2D eigenvalue weighted by molar-refractivity contribution is -0.119. The highest BCUT2D eigenvalue weighted by Crippen LogP contribution is 2.14. The van der Waals surface area contributed by atoms with E-state index >= 15 is 0 Å². The summed E-state index contributed by atoms with van der Waals surface area (Å²) < 4.78 is 5.31. The summed E-state index contributed by atoms with van der Waals surface area (Å²) in [6, 6.07) is 7.50. The second kappa shape index (κ2) is 12.5. The quantitative estimate of drug-likeness (QED) is 0.277. The molecule has 0 saturated heterocycles. The van der Waals surface area contributed by atoms with E-state index in [1.165, 1.54) is 4.88 Å². The number of hydrogen-bond acceptors (Lipinski definition) is 5. The second-order valence-electron chi connectivity index (χ2n) is 5.58. The molecule has 4 N–H and O–H groups in total. The van der Waals surface area contributed by atoms with Gasteiger partial charge in [-0.25, -0.2) is 4.98 Å². The molecule has 0 unspecified atom stereocenters. The van der Waals surface area contributed by atoms with E-state index in [-0.39, 0.29) is 30.6 Å². The lowest BCUT2D eigenvalue weighted by atomic mass is 10.2. The van der Waals surface area contributed by atoms with Crippen molar-refractivity contribution in [2.75, 3.05) is 20.2 Å². The summed E-state index contributed by atoms with van der Waals surface area (Å²) in [4.78, 5) is 20.7. The van der Waals surface area contributed by atoms with E-state index in [4.69, 9.17) is 10.5 Å². The molecule has 148 valence electrons. The molecule has 0 spiro atoms.